The van der Waals surface area contributed by atoms with Gasteiger partial charge in [0.2, 0.25) is 6.10 Å². The number of benzene rings is 3. The van der Waals surface area contributed by atoms with Gasteiger partial charge in [0.15, 0.2) is 6.61 Å². The molecule has 0 N–H and O–H groups in total. The van der Waals surface area contributed by atoms with Crippen LogP contribution >= 0.6 is 0 Å². The fourth-order valence-electron chi connectivity index (χ4n) is 2.80. The number of amides is 1. The monoisotopic (exact) mass is 419 g/mol. The lowest BCUT2D eigenvalue weighted by molar-refractivity contribution is -0.161. The van der Waals surface area contributed by atoms with Crippen LogP contribution in [0.5, 0.6) is 11.5 Å². The molecule has 0 heterocycles. The van der Waals surface area contributed by atoms with E-state index in [9.17, 15) is 9.59 Å². The number of likely N-dealkylation sites (N-methyl/N-ethyl adjacent to an activating group) is 1. The van der Waals surface area contributed by atoms with Gasteiger partial charge in [-0.3, -0.25) is 4.79 Å². The molecular weight excluding hydrogens is 394 g/mol. The molecule has 31 heavy (non-hydrogen) atoms. The number of ether oxygens (including phenoxy) is 3. The smallest absolute Gasteiger partial charge is 0.345 e. The average molecular weight is 419 g/mol. The zero-order chi connectivity index (χ0) is 22.1. The predicted molar refractivity (Wildman–Crippen MR) is 117 cm³/mol. The third-order valence-corrected chi connectivity index (χ3v) is 4.45. The van der Waals surface area contributed by atoms with Crippen molar-refractivity contribution in [2.75, 3.05) is 20.7 Å². The van der Waals surface area contributed by atoms with Crippen LogP contribution in [0.1, 0.15) is 17.2 Å². The molecular formula is C25H25NO5. The van der Waals surface area contributed by atoms with Crippen LogP contribution in [0.2, 0.25) is 0 Å². The van der Waals surface area contributed by atoms with Crippen LogP contribution in [0.15, 0.2) is 84.9 Å². The molecule has 1 atom stereocenters. The molecule has 0 aliphatic carbocycles. The van der Waals surface area contributed by atoms with Crippen molar-refractivity contribution in [2.24, 2.45) is 0 Å². The van der Waals surface area contributed by atoms with E-state index in [4.69, 9.17) is 14.2 Å². The van der Waals surface area contributed by atoms with Gasteiger partial charge in [0.05, 0.1) is 0 Å². The van der Waals surface area contributed by atoms with Crippen LogP contribution in [-0.2, 0) is 20.9 Å². The summed E-state index contributed by atoms with van der Waals surface area (Å²) < 4.78 is 16.7. The van der Waals surface area contributed by atoms with Crippen LogP contribution in [0.4, 0.5) is 0 Å². The topological polar surface area (TPSA) is 65.1 Å². The van der Waals surface area contributed by atoms with E-state index in [1.165, 1.54) is 4.90 Å². The van der Waals surface area contributed by atoms with Crippen molar-refractivity contribution in [1.82, 2.24) is 4.90 Å². The highest BCUT2D eigenvalue weighted by atomic mass is 16.6. The first-order valence-electron chi connectivity index (χ1n) is 9.88. The van der Waals surface area contributed by atoms with Crippen LogP contribution in [0.3, 0.4) is 0 Å². The highest BCUT2D eigenvalue weighted by Crippen LogP contribution is 2.21. The third-order valence-electron chi connectivity index (χ3n) is 4.45. The quantitative estimate of drug-likeness (QED) is 0.490. The summed E-state index contributed by atoms with van der Waals surface area (Å²) in [5.74, 6) is 0.242. The number of carbonyl (C=O) groups excluding carboxylic acids is 2. The first-order chi connectivity index (χ1) is 15.0. The van der Waals surface area contributed by atoms with Crippen molar-refractivity contribution >= 4 is 11.9 Å². The van der Waals surface area contributed by atoms with Crippen molar-refractivity contribution in [1.29, 1.82) is 0 Å². The Morgan fingerprint density at radius 1 is 0.774 bits per heavy atom. The highest BCUT2D eigenvalue weighted by molar-refractivity contribution is 5.85. The molecule has 0 saturated carbocycles. The minimum Gasteiger partial charge on any atom is -0.489 e. The highest BCUT2D eigenvalue weighted by Gasteiger charge is 2.26. The number of hydrogen-bond acceptors (Lipinski definition) is 5. The first kappa shape index (κ1) is 21.9. The molecule has 0 aliphatic rings. The molecule has 0 radical (unpaired) electrons. The molecule has 0 fully saturated rings. The summed E-state index contributed by atoms with van der Waals surface area (Å²) in [7, 11) is 3.23. The lowest BCUT2D eigenvalue weighted by atomic mass is 10.1. The largest absolute Gasteiger partial charge is 0.489 e. The second-order valence-corrected chi connectivity index (χ2v) is 7.05. The zero-order valence-corrected chi connectivity index (χ0v) is 17.6. The summed E-state index contributed by atoms with van der Waals surface area (Å²) in [6.45, 7) is 0.155. The Balaban J connectivity index is 1.52. The van der Waals surface area contributed by atoms with Crippen molar-refractivity contribution in [3.05, 3.63) is 96.1 Å². The SMILES string of the molecule is CN(C)C(=O)[C@@H](OC(=O)COc1ccc(OCc2ccccc2)cc1)c1ccccc1. The molecule has 3 rings (SSSR count). The van der Waals surface area contributed by atoms with Gasteiger partial charge in [0.1, 0.15) is 18.1 Å². The van der Waals surface area contributed by atoms with Crippen LogP contribution in [0.25, 0.3) is 0 Å². The molecule has 1 amide bonds. The van der Waals surface area contributed by atoms with Gasteiger partial charge in [0.25, 0.3) is 5.91 Å². The van der Waals surface area contributed by atoms with Crippen molar-refractivity contribution in [2.45, 2.75) is 12.7 Å². The van der Waals surface area contributed by atoms with Gasteiger partial charge in [-0.15, -0.1) is 0 Å². The van der Waals surface area contributed by atoms with E-state index in [-0.39, 0.29) is 12.5 Å². The second kappa shape index (κ2) is 10.8. The molecule has 0 aliphatic heterocycles. The summed E-state index contributed by atoms with van der Waals surface area (Å²) in [5, 5.41) is 0. The van der Waals surface area contributed by atoms with Crippen molar-refractivity contribution in [3.63, 3.8) is 0 Å². The number of rotatable bonds is 9. The van der Waals surface area contributed by atoms with Gasteiger partial charge in [-0.25, -0.2) is 4.79 Å². The molecule has 3 aromatic rings. The van der Waals surface area contributed by atoms with E-state index in [2.05, 4.69) is 0 Å². The first-order valence-corrected chi connectivity index (χ1v) is 9.88. The Morgan fingerprint density at radius 2 is 1.32 bits per heavy atom. The fraction of sp³-hybridized carbons (Fsp3) is 0.200. The molecule has 0 unspecified atom stereocenters. The molecule has 3 aromatic carbocycles. The third kappa shape index (κ3) is 6.60. The minimum atomic E-state index is -1.01. The Bertz CT molecular complexity index is 972. The molecule has 0 bridgehead atoms. The Labute approximate surface area is 182 Å². The number of nitrogens with zero attached hydrogens (tertiary/aromatic N) is 1. The van der Waals surface area contributed by atoms with Crippen molar-refractivity contribution in [3.8, 4) is 11.5 Å². The van der Waals surface area contributed by atoms with Gasteiger partial charge in [-0.1, -0.05) is 60.7 Å². The normalized spacial score (nSPS) is 11.3. The van der Waals surface area contributed by atoms with E-state index < -0.39 is 12.1 Å². The maximum absolute atomic E-state index is 12.4. The van der Waals surface area contributed by atoms with Gasteiger partial charge in [-0.05, 0) is 29.8 Å². The van der Waals surface area contributed by atoms with Crippen LogP contribution < -0.4 is 9.47 Å². The molecule has 160 valence electrons. The molecule has 6 nitrogen and oxygen atoms in total. The second-order valence-electron chi connectivity index (χ2n) is 7.05. The Kier molecular flexibility index (Phi) is 7.65. The van der Waals surface area contributed by atoms with Gasteiger partial charge in [0, 0.05) is 19.7 Å². The van der Waals surface area contributed by atoms with Crippen LogP contribution in [0, 0.1) is 0 Å². The van der Waals surface area contributed by atoms with Gasteiger partial charge >= 0.3 is 5.97 Å². The molecule has 0 saturated heterocycles. The maximum atomic E-state index is 12.4. The maximum Gasteiger partial charge on any atom is 0.345 e. The lowest BCUT2D eigenvalue weighted by Gasteiger charge is -2.21. The average Bonchev–Trinajstić information content (AvgIpc) is 2.81. The molecule has 0 spiro atoms. The minimum absolute atomic E-state index is 0.311. The fourth-order valence-corrected chi connectivity index (χ4v) is 2.80. The molecule has 0 aromatic heterocycles. The lowest BCUT2D eigenvalue weighted by Crippen LogP contribution is -2.32. The van der Waals surface area contributed by atoms with Gasteiger partial charge < -0.3 is 19.1 Å². The van der Waals surface area contributed by atoms with Crippen molar-refractivity contribution < 1.29 is 23.8 Å². The molecule has 6 heteroatoms. The Hall–Kier alpha value is -3.80. The van der Waals surface area contributed by atoms with Gasteiger partial charge in [-0.2, -0.15) is 0 Å². The van der Waals surface area contributed by atoms with Crippen LogP contribution in [-0.4, -0.2) is 37.5 Å². The summed E-state index contributed by atoms with van der Waals surface area (Å²) in [6, 6.07) is 25.7. The van der Waals surface area contributed by atoms with E-state index in [1.807, 2.05) is 36.4 Å². The van der Waals surface area contributed by atoms with E-state index in [0.717, 1.165) is 5.56 Å². The zero-order valence-electron chi connectivity index (χ0n) is 17.6. The summed E-state index contributed by atoms with van der Waals surface area (Å²) in [6.07, 6.45) is -1.01. The van der Waals surface area contributed by atoms with E-state index in [0.29, 0.717) is 23.7 Å². The Morgan fingerprint density at radius 3 is 1.90 bits per heavy atom. The number of carbonyl (C=O) groups is 2. The summed E-state index contributed by atoms with van der Waals surface area (Å²) in [5.41, 5.74) is 1.68. The standard InChI is InChI=1S/C25H25NO5/c1-26(2)25(28)24(20-11-7-4-8-12-20)31-23(27)18-30-22-15-13-21(14-16-22)29-17-19-9-5-3-6-10-19/h3-16,24H,17-18H2,1-2H3/t24-/m0/s1. The summed E-state index contributed by atoms with van der Waals surface area (Å²) >= 11 is 0. The summed E-state index contributed by atoms with van der Waals surface area (Å²) in [4.78, 5) is 26.1. The van der Waals surface area contributed by atoms with E-state index >= 15 is 0 Å². The van der Waals surface area contributed by atoms with E-state index in [1.54, 1.807) is 62.6 Å². The number of hydrogen-bond donors (Lipinski definition) is 0. The predicted octanol–water partition coefficient (Wildman–Crippen LogP) is 4.02. The number of esters is 1.